The summed E-state index contributed by atoms with van der Waals surface area (Å²) in [5.41, 5.74) is 2.50. The van der Waals surface area contributed by atoms with Crippen LogP contribution in [0.25, 0.3) is 0 Å². The summed E-state index contributed by atoms with van der Waals surface area (Å²) in [5.74, 6) is 1.07. The average Bonchev–Trinajstić information content (AvgIpc) is 2.17. The second-order valence-electron chi connectivity index (χ2n) is 5.06. The smallest absolute Gasteiger partial charge is 0.0425 e. The van der Waals surface area contributed by atoms with E-state index in [1.165, 1.54) is 11.1 Å². The third-order valence-electron chi connectivity index (χ3n) is 2.33. The van der Waals surface area contributed by atoms with Gasteiger partial charge in [0.05, 0.1) is 0 Å². The van der Waals surface area contributed by atoms with Crippen LogP contribution >= 0.6 is 11.8 Å². The lowest BCUT2D eigenvalue weighted by Crippen LogP contribution is -2.22. The molecule has 90 valence electrons. The molecule has 1 aromatic heterocycles. The molecule has 0 fully saturated rings. The predicted octanol–water partition coefficient (Wildman–Crippen LogP) is 3.18. The monoisotopic (exact) mass is 238 g/mol. The van der Waals surface area contributed by atoms with E-state index in [4.69, 9.17) is 0 Å². The molecule has 16 heavy (non-hydrogen) atoms. The highest BCUT2D eigenvalue weighted by atomic mass is 32.2. The van der Waals surface area contributed by atoms with Crippen LogP contribution in [0.15, 0.2) is 18.5 Å². The molecule has 0 spiro atoms. The van der Waals surface area contributed by atoms with Gasteiger partial charge in [-0.05, 0) is 25.1 Å². The van der Waals surface area contributed by atoms with Crippen molar-refractivity contribution < 1.29 is 0 Å². The number of pyridine rings is 1. The lowest BCUT2D eigenvalue weighted by Gasteiger charge is -2.23. The maximum absolute atomic E-state index is 4.25. The Morgan fingerprint density at radius 1 is 1.38 bits per heavy atom. The van der Waals surface area contributed by atoms with Gasteiger partial charge in [-0.15, -0.1) is 0 Å². The topological polar surface area (TPSA) is 24.9 Å². The molecule has 1 rings (SSSR count). The molecule has 0 aliphatic rings. The Morgan fingerprint density at radius 3 is 2.56 bits per heavy atom. The van der Waals surface area contributed by atoms with E-state index in [0.29, 0.717) is 10.8 Å². The van der Waals surface area contributed by atoms with Gasteiger partial charge in [0.1, 0.15) is 0 Å². The van der Waals surface area contributed by atoms with Crippen LogP contribution in [-0.4, -0.2) is 22.5 Å². The Bertz CT molecular complexity index is 331. The van der Waals surface area contributed by atoms with E-state index in [0.717, 1.165) is 5.75 Å². The van der Waals surface area contributed by atoms with Crippen molar-refractivity contribution in [2.24, 2.45) is 0 Å². The first-order chi connectivity index (χ1) is 7.42. The summed E-state index contributed by atoms with van der Waals surface area (Å²) in [7, 11) is 2.01. The molecule has 1 heterocycles. The fourth-order valence-corrected chi connectivity index (χ4v) is 2.47. The van der Waals surface area contributed by atoms with E-state index in [-0.39, 0.29) is 0 Å². The summed E-state index contributed by atoms with van der Waals surface area (Å²) in [5, 5.41) is 3.36. The van der Waals surface area contributed by atoms with Crippen molar-refractivity contribution in [1.29, 1.82) is 0 Å². The van der Waals surface area contributed by atoms with Crippen LogP contribution in [0.1, 0.15) is 37.9 Å². The first kappa shape index (κ1) is 13.5. The molecule has 3 heteroatoms. The van der Waals surface area contributed by atoms with Gasteiger partial charge in [-0.2, -0.15) is 11.8 Å². The largest absolute Gasteiger partial charge is 0.312 e. The minimum Gasteiger partial charge on any atom is -0.312 e. The van der Waals surface area contributed by atoms with Crippen LogP contribution < -0.4 is 5.32 Å². The first-order valence-electron chi connectivity index (χ1n) is 5.65. The normalized spacial score (nSPS) is 13.8. The molecular weight excluding hydrogens is 216 g/mol. The third-order valence-corrected chi connectivity index (χ3v) is 3.70. The van der Waals surface area contributed by atoms with E-state index in [2.05, 4.69) is 44.1 Å². The van der Waals surface area contributed by atoms with Crippen LogP contribution in [-0.2, 0) is 0 Å². The van der Waals surface area contributed by atoms with Crippen molar-refractivity contribution in [1.82, 2.24) is 10.3 Å². The molecule has 0 aromatic carbocycles. The molecule has 0 bridgehead atoms. The summed E-state index contributed by atoms with van der Waals surface area (Å²) in [4.78, 5) is 4.25. The molecule has 0 aliphatic carbocycles. The van der Waals surface area contributed by atoms with E-state index < -0.39 is 0 Å². The van der Waals surface area contributed by atoms with Crippen LogP contribution in [0.2, 0.25) is 0 Å². The Balaban J connectivity index is 2.68. The minimum absolute atomic E-state index is 0.312. The van der Waals surface area contributed by atoms with Gasteiger partial charge in [0.15, 0.2) is 0 Å². The fraction of sp³-hybridized carbons (Fsp3) is 0.615. The highest BCUT2D eigenvalue weighted by molar-refractivity contribution is 8.00. The van der Waals surface area contributed by atoms with E-state index >= 15 is 0 Å². The van der Waals surface area contributed by atoms with Gasteiger partial charge in [-0.3, -0.25) is 4.98 Å². The lowest BCUT2D eigenvalue weighted by atomic mass is 10.1. The van der Waals surface area contributed by atoms with Gasteiger partial charge in [-0.25, -0.2) is 0 Å². The fourth-order valence-electron chi connectivity index (χ4n) is 1.45. The zero-order valence-corrected chi connectivity index (χ0v) is 11.7. The van der Waals surface area contributed by atoms with Crippen molar-refractivity contribution in [3.05, 3.63) is 29.6 Å². The van der Waals surface area contributed by atoms with Gasteiger partial charge in [0.2, 0.25) is 0 Å². The zero-order valence-electron chi connectivity index (χ0n) is 10.9. The van der Waals surface area contributed by atoms with Crippen LogP contribution in [0.5, 0.6) is 0 Å². The van der Waals surface area contributed by atoms with E-state index in [1.54, 1.807) is 0 Å². The number of aromatic nitrogens is 1. The second-order valence-corrected chi connectivity index (χ2v) is 6.91. The number of rotatable bonds is 4. The van der Waals surface area contributed by atoms with Gasteiger partial charge in [-0.1, -0.05) is 26.8 Å². The first-order valence-corrected chi connectivity index (χ1v) is 6.64. The number of nitrogens with zero attached hydrogens (tertiary/aromatic N) is 1. The second kappa shape index (κ2) is 5.69. The molecule has 0 aliphatic heterocycles. The molecule has 1 atom stereocenters. The van der Waals surface area contributed by atoms with Gasteiger partial charge < -0.3 is 5.32 Å². The van der Waals surface area contributed by atoms with Gasteiger partial charge in [0, 0.05) is 28.9 Å². The number of nitrogens with one attached hydrogen (secondary N) is 1. The van der Waals surface area contributed by atoms with Crippen LogP contribution in [0, 0.1) is 6.92 Å². The molecule has 0 radical (unpaired) electrons. The SMILES string of the molecule is CNC(CSC(C)(C)C)c1cncc(C)c1. The molecule has 1 unspecified atom stereocenters. The Labute approximate surface area is 103 Å². The Morgan fingerprint density at radius 2 is 2.06 bits per heavy atom. The minimum atomic E-state index is 0.312. The molecule has 0 saturated carbocycles. The van der Waals surface area contributed by atoms with Crippen LogP contribution in [0.3, 0.4) is 0 Å². The molecule has 0 saturated heterocycles. The quantitative estimate of drug-likeness (QED) is 0.872. The number of aryl methyl sites for hydroxylation is 1. The molecule has 1 aromatic rings. The number of hydrogen-bond donors (Lipinski definition) is 1. The highest BCUT2D eigenvalue weighted by Gasteiger charge is 2.16. The van der Waals surface area contributed by atoms with Gasteiger partial charge >= 0.3 is 0 Å². The molecular formula is C13H22N2S. The Kier molecular flexibility index (Phi) is 4.81. The van der Waals surface area contributed by atoms with E-state index in [9.17, 15) is 0 Å². The standard InChI is InChI=1S/C13H22N2S/c1-10-6-11(8-15-7-10)12(14-5)9-16-13(2,3)4/h6-8,12,14H,9H2,1-5H3. The van der Waals surface area contributed by atoms with Crippen LogP contribution in [0.4, 0.5) is 0 Å². The molecule has 1 N–H and O–H groups in total. The summed E-state index contributed by atoms with van der Waals surface area (Å²) >= 11 is 1.98. The lowest BCUT2D eigenvalue weighted by molar-refractivity contribution is 0.653. The van der Waals surface area contributed by atoms with Crippen molar-refractivity contribution in [3.63, 3.8) is 0 Å². The number of hydrogen-bond acceptors (Lipinski definition) is 3. The van der Waals surface area contributed by atoms with Gasteiger partial charge in [0.25, 0.3) is 0 Å². The Hall–Kier alpha value is -0.540. The molecule has 0 amide bonds. The third kappa shape index (κ3) is 4.54. The van der Waals surface area contributed by atoms with Crippen molar-refractivity contribution in [2.75, 3.05) is 12.8 Å². The summed E-state index contributed by atoms with van der Waals surface area (Å²) in [6, 6.07) is 2.59. The van der Waals surface area contributed by atoms with Crippen molar-refractivity contribution in [3.8, 4) is 0 Å². The maximum atomic E-state index is 4.25. The summed E-state index contributed by atoms with van der Waals surface area (Å²) in [6.07, 6.45) is 3.85. The van der Waals surface area contributed by atoms with E-state index in [1.807, 2.05) is 31.2 Å². The average molecular weight is 238 g/mol. The summed E-state index contributed by atoms with van der Waals surface area (Å²) in [6.45, 7) is 8.83. The van der Waals surface area contributed by atoms with Crippen molar-refractivity contribution >= 4 is 11.8 Å². The maximum Gasteiger partial charge on any atom is 0.0425 e. The predicted molar refractivity (Wildman–Crippen MR) is 73.0 cm³/mol. The molecule has 2 nitrogen and oxygen atoms in total. The highest BCUT2D eigenvalue weighted by Crippen LogP contribution is 2.28. The summed E-state index contributed by atoms with van der Waals surface area (Å²) < 4.78 is 0.312. The van der Waals surface area contributed by atoms with Crippen molar-refractivity contribution in [2.45, 2.75) is 38.5 Å². The number of thioether (sulfide) groups is 1. The zero-order chi connectivity index (χ0) is 12.2.